The van der Waals surface area contributed by atoms with Gasteiger partial charge in [-0.25, -0.2) is 0 Å². The Morgan fingerprint density at radius 3 is 2.57 bits per heavy atom. The molecule has 0 atom stereocenters. The number of nitriles is 1. The number of rotatable bonds is 8. The molecular weight excluding hydrogens is 497 g/mol. The zero-order valence-electron chi connectivity index (χ0n) is 18.1. The quantitative estimate of drug-likeness (QED) is 0.129. The predicted molar refractivity (Wildman–Crippen MR) is 131 cm³/mol. The topological polar surface area (TPSA) is 135 Å². The standard InChI is InChI=1S/C24H17Cl2N3O6/c1-34-22-7-2-14(9-23(22)35-13-15-3-4-17(25)10-19(15)26)8-16(12-27)24(31)28-20-6-5-18(29(32)33)11-21(20)30/h2-11,30H,13H2,1H3,(H,28,31)/b16-8+. The number of nitro benzene ring substituents is 1. The first-order valence-electron chi connectivity index (χ1n) is 9.87. The van der Waals surface area contributed by atoms with E-state index in [0.717, 1.165) is 12.1 Å². The third-order valence-corrected chi connectivity index (χ3v) is 5.29. The molecule has 35 heavy (non-hydrogen) atoms. The van der Waals surface area contributed by atoms with Gasteiger partial charge in [0.05, 0.1) is 23.8 Å². The molecule has 0 heterocycles. The van der Waals surface area contributed by atoms with Crippen molar-refractivity contribution in [2.45, 2.75) is 6.61 Å². The molecular formula is C24H17Cl2N3O6. The maximum Gasteiger partial charge on any atom is 0.273 e. The first-order valence-corrected chi connectivity index (χ1v) is 10.6. The number of hydrogen-bond acceptors (Lipinski definition) is 7. The number of nitrogens with zero attached hydrogens (tertiary/aromatic N) is 2. The summed E-state index contributed by atoms with van der Waals surface area (Å²) in [6, 6.07) is 14.8. The minimum atomic E-state index is -0.817. The number of hydrogen-bond donors (Lipinski definition) is 2. The zero-order chi connectivity index (χ0) is 25.5. The van der Waals surface area contributed by atoms with E-state index in [1.54, 1.807) is 42.5 Å². The summed E-state index contributed by atoms with van der Waals surface area (Å²) in [5, 5.41) is 33.5. The van der Waals surface area contributed by atoms with Crippen LogP contribution in [0.2, 0.25) is 10.0 Å². The van der Waals surface area contributed by atoms with Gasteiger partial charge in [-0.15, -0.1) is 0 Å². The van der Waals surface area contributed by atoms with Crippen molar-refractivity contribution in [1.82, 2.24) is 0 Å². The van der Waals surface area contributed by atoms with Crippen LogP contribution in [-0.4, -0.2) is 23.0 Å². The number of halogens is 2. The molecule has 0 aliphatic rings. The lowest BCUT2D eigenvalue weighted by Crippen LogP contribution is -2.13. The van der Waals surface area contributed by atoms with Crippen molar-refractivity contribution < 1.29 is 24.3 Å². The van der Waals surface area contributed by atoms with Gasteiger partial charge in [0, 0.05) is 21.7 Å². The number of carbonyl (C=O) groups excluding carboxylic acids is 1. The van der Waals surface area contributed by atoms with Crippen molar-refractivity contribution in [3.63, 3.8) is 0 Å². The molecule has 3 aromatic carbocycles. The molecule has 0 saturated carbocycles. The number of nitro groups is 1. The van der Waals surface area contributed by atoms with Gasteiger partial charge in [-0.3, -0.25) is 14.9 Å². The molecule has 0 aliphatic carbocycles. The van der Waals surface area contributed by atoms with Gasteiger partial charge in [0.2, 0.25) is 0 Å². The van der Waals surface area contributed by atoms with Gasteiger partial charge >= 0.3 is 0 Å². The molecule has 0 unspecified atom stereocenters. The van der Waals surface area contributed by atoms with Crippen LogP contribution < -0.4 is 14.8 Å². The molecule has 0 spiro atoms. The van der Waals surface area contributed by atoms with Crippen LogP contribution in [0, 0.1) is 21.4 Å². The van der Waals surface area contributed by atoms with Gasteiger partial charge in [0.1, 0.15) is 24.0 Å². The highest BCUT2D eigenvalue weighted by Gasteiger charge is 2.16. The first kappa shape index (κ1) is 25.4. The van der Waals surface area contributed by atoms with E-state index < -0.39 is 16.6 Å². The Balaban J connectivity index is 1.81. The van der Waals surface area contributed by atoms with Crippen LogP contribution in [0.3, 0.4) is 0 Å². The van der Waals surface area contributed by atoms with Crippen LogP contribution in [0.25, 0.3) is 6.08 Å². The lowest BCUT2D eigenvalue weighted by molar-refractivity contribution is -0.384. The molecule has 0 aromatic heterocycles. The Labute approximate surface area is 209 Å². The fourth-order valence-electron chi connectivity index (χ4n) is 2.93. The molecule has 11 heteroatoms. The van der Waals surface area contributed by atoms with Gasteiger partial charge in [0.25, 0.3) is 11.6 Å². The highest BCUT2D eigenvalue weighted by Crippen LogP contribution is 2.32. The monoisotopic (exact) mass is 513 g/mol. The molecule has 2 N–H and O–H groups in total. The number of non-ortho nitro benzene ring substituents is 1. The largest absolute Gasteiger partial charge is 0.506 e. The van der Waals surface area contributed by atoms with Gasteiger partial charge in [-0.1, -0.05) is 35.3 Å². The number of carbonyl (C=O) groups is 1. The summed E-state index contributed by atoms with van der Waals surface area (Å²) in [5.74, 6) is -0.558. The van der Waals surface area contributed by atoms with E-state index >= 15 is 0 Å². The molecule has 1 amide bonds. The number of aromatic hydroxyl groups is 1. The lowest BCUT2D eigenvalue weighted by atomic mass is 10.1. The summed E-state index contributed by atoms with van der Waals surface area (Å²) in [6.45, 7) is 0.116. The third-order valence-electron chi connectivity index (χ3n) is 4.70. The number of anilines is 1. The molecule has 0 saturated heterocycles. The number of phenolic OH excluding ortho intramolecular Hbond substituents is 1. The number of phenols is 1. The van der Waals surface area contributed by atoms with Crippen LogP contribution in [0.5, 0.6) is 17.2 Å². The summed E-state index contributed by atoms with van der Waals surface area (Å²) >= 11 is 12.1. The number of nitrogens with one attached hydrogen (secondary N) is 1. The average molecular weight is 514 g/mol. The predicted octanol–water partition coefficient (Wildman–Crippen LogP) is 5.74. The molecule has 0 radical (unpaired) electrons. The molecule has 3 aromatic rings. The number of amides is 1. The molecule has 0 fully saturated rings. The van der Waals surface area contributed by atoms with Crippen LogP contribution in [-0.2, 0) is 11.4 Å². The third kappa shape index (κ3) is 6.41. The second-order valence-corrected chi connectivity index (χ2v) is 7.86. The Hall–Kier alpha value is -4.26. The van der Waals surface area contributed by atoms with E-state index in [1.165, 1.54) is 19.3 Å². The van der Waals surface area contributed by atoms with Crippen molar-refractivity contribution in [3.05, 3.63) is 91.5 Å². The van der Waals surface area contributed by atoms with Crippen LogP contribution >= 0.6 is 23.2 Å². The van der Waals surface area contributed by atoms with E-state index in [-0.39, 0.29) is 23.6 Å². The Kier molecular flexibility index (Phi) is 8.15. The number of methoxy groups -OCH3 is 1. The van der Waals surface area contributed by atoms with Crippen molar-refractivity contribution in [3.8, 4) is 23.3 Å². The van der Waals surface area contributed by atoms with E-state index in [1.807, 2.05) is 0 Å². The first-order chi connectivity index (χ1) is 16.7. The van der Waals surface area contributed by atoms with E-state index in [9.17, 15) is 25.3 Å². The highest BCUT2D eigenvalue weighted by molar-refractivity contribution is 6.35. The summed E-state index contributed by atoms with van der Waals surface area (Å²) in [7, 11) is 1.47. The highest BCUT2D eigenvalue weighted by atomic mass is 35.5. The van der Waals surface area contributed by atoms with Crippen molar-refractivity contribution in [2.75, 3.05) is 12.4 Å². The van der Waals surface area contributed by atoms with Crippen molar-refractivity contribution in [1.29, 1.82) is 5.26 Å². The summed E-state index contributed by atoms with van der Waals surface area (Å²) in [4.78, 5) is 22.7. The second-order valence-electron chi connectivity index (χ2n) is 7.02. The smallest absolute Gasteiger partial charge is 0.273 e. The minimum Gasteiger partial charge on any atom is -0.506 e. The summed E-state index contributed by atoms with van der Waals surface area (Å²) in [6.07, 6.45) is 1.32. The summed E-state index contributed by atoms with van der Waals surface area (Å²) < 4.78 is 11.2. The number of benzene rings is 3. The molecule has 0 bridgehead atoms. The maximum absolute atomic E-state index is 12.6. The van der Waals surface area contributed by atoms with Gasteiger partial charge in [-0.05, 0) is 42.0 Å². The maximum atomic E-state index is 12.6. The molecule has 0 aliphatic heterocycles. The number of ether oxygens (including phenoxy) is 2. The van der Waals surface area contributed by atoms with Gasteiger partial charge < -0.3 is 19.9 Å². The minimum absolute atomic E-state index is 0.0830. The van der Waals surface area contributed by atoms with E-state index in [0.29, 0.717) is 32.7 Å². The molecule has 9 nitrogen and oxygen atoms in total. The fourth-order valence-corrected chi connectivity index (χ4v) is 3.40. The fraction of sp³-hybridized carbons (Fsp3) is 0.0833. The normalized spacial score (nSPS) is 10.9. The van der Waals surface area contributed by atoms with Gasteiger partial charge in [-0.2, -0.15) is 5.26 Å². The lowest BCUT2D eigenvalue weighted by Gasteiger charge is -2.13. The summed E-state index contributed by atoms with van der Waals surface area (Å²) in [5.41, 5.74) is 0.448. The SMILES string of the molecule is COc1ccc(/C=C(\C#N)C(=O)Nc2ccc([N+](=O)[O-])cc2O)cc1OCc1ccc(Cl)cc1Cl. The van der Waals surface area contributed by atoms with Crippen LogP contribution in [0.15, 0.2) is 60.2 Å². The molecule has 178 valence electrons. The average Bonchev–Trinajstić information content (AvgIpc) is 2.83. The van der Waals surface area contributed by atoms with Gasteiger partial charge in [0.15, 0.2) is 11.5 Å². The Morgan fingerprint density at radius 2 is 1.94 bits per heavy atom. The van der Waals surface area contributed by atoms with Crippen molar-refractivity contribution in [2.24, 2.45) is 0 Å². The zero-order valence-corrected chi connectivity index (χ0v) is 19.6. The van der Waals surface area contributed by atoms with E-state index in [2.05, 4.69) is 5.32 Å². The van der Waals surface area contributed by atoms with E-state index in [4.69, 9.17) is 32.7 Å². The van der Waals surface area contributed by atoms with Crippen LogP contribution in [0.4, 0.5) is 11.4 Å². The second kappa shape index (κ2) is 11.2. The Bertz CT molecular complexity index is 1370. The Morgan fingerprint density at radius 1 is 1.17 bits per heavy atom. The van der Waals surface area contributed by atoms with Crippen molar-refractivity contribution >= 4 is 46.6 Å². The molecule has 3 rings (SSSR count). The van der Waals surface area contributed by atoms with Crippen LogP contribution in [0.1, 0.15) is 11.1 Å².